The van der Waals surface area contributed by atoms with Gasteiger partial charge in [0.15, 0.2) is 0 Å². The maximum Gasteiger partial charge on any atom is 0.249 e. The number of hydroxylamine groups is 1. The zero-order valence-corrected chi connectivity index (χ0v) is 22.6. The van der Waals surface area contributed by atoms with Gasteiger partial charge in [-0.2, -0.15) is 0 Å². The predicted molar refractivity (Wildman–Crippen MR) is 144 cm³/mol. The number of halogens is 2. The average molecular weight is 552 g/mol. The van der Waals surface area contributed by atoms with Crippen LogP contribution >= 0.6 is 34.7 Å². The van der Waals surface area contributed by atoms with Crippen LogP contribution in [0.4, 0.5) is 4.39 Å². The summed E-state index contributed by atoms with van der Waals surface area (Å²) in [4.78, 5) is 19.4. The number of ether oxygens (including phenoxy) is 1. The van der Waals surface area contributed by atoms with Crippen LogP contribution in [0, 0.1) is 5.41 Å². The van der Waals surface area contributed by atoms with Crippen LogP contribution in [0.15, 0.2) is 46.1 Å². The molecule has 1 fully saturated rings. The molecule has 2 N–H and O–H groups in total. The van der Waals surface area contributed by atoms with E-state index in [9.17, 15) is 10.0 Å². The van der Waals surface area contributed by atoms with Crippen LogP contribution in [0.3, 0.4) is 0 Å². The van der Waals surface area contributed by atoms with E-state index in [1.807, 2.05) is 17.2 Å². The second-order valence-corrected chi connectivity index (χ2v) is 11.9. The minimum Gasteiger partial charge on any atom is -0.497 e. The van der Waals surface area contributed by atoms with Crippen molar-refractivity contribution >= 4 is 51.5 Å². The number of methoxy groups -OCH3 is 1. The summed E-state index contributed by atoms with van der Waals surface area (Å²) in [6, 6.07) is 9.48. The number of carbonyl (C=O) groups excluding carboxylic acids is 1. The number of amides is 1. The lowest BCUT2D eigenvalue weighted by Crippen LogP contribution is -2.48. The van der Waals surface area contributed by atoms with Crippen molar-refractivity contribution in [2.45, 2.75) is 42.5 Å². The Bertz CT molecular complexity index is 1160. The van der Waals surface area contributed by atoms with Gasteiger partial charge in [0, 0.05) is 22.9 Å². The van der Waals surface area contributed by atoms with Crippen molar-refractivity contribution in [3.05, 3.63) is 52.5 Å². The van der Waals surface area contributed by atoms with Gasteiger partial charge in [-0.15, -0.1) is 23.1 Å². The molecule has 2 aromatic heterocycles. The van der Waals surface area contributed by atoms with Gasteiger partial charge >= 0.3 is 0 Å². The Balaban J connectivity index is 1.38. The number of benzene rings is 1. The molecule has 194 valence electrons. The van der Waals surface area contributed by atoms with Gasteiger partial charge in [0.2, 0.25) is 5.91 Å². The fraction of sp³-hybridized carbons (Fsp3) is 0.462. The lowest BCUT2D eigenvalue weighted by molar-refractivity contribution is -0.143. The van der Waals surface area contributed by atoms with Crippen LogP contribution in [-0.4, -0.2) is 53.5 Å². The Morgan fingerprint density at radius 1 is 1.39 bits per heavy atom. The third-order valence-electron chi connectivity index (χ3n) is 7.01. The molecule has 1 aliphatic rings. The molecule has 3 aromatic rings. The van der Waals surface area contributed by atoms with Crippen LogP contribution in [0.2, 0.25) is 5.02 Å². The zero-order chi connectivity index (χ0) is 25.5. The molecule has 1 saturated heterocycles. The van der Waals surface area contributed by atoms with Crippen molar-refractivity contribution in [2.75, 3.05) is 32.5 Å². The molecule has 6 nitrogen and oxygen atoms in total. The number of nitrogens with zero attached hydrogens (tertiary/aromatic N) is 2. The second-order valence-electron chi connectivity index (χ2n) is 9.11. The number of nitrogens with one attached hydrogen (secondary N) is 1. The molecule has 10 heteroatoms. The number of hydrogen-bond acceptors (Lipinski definition) is 7. The molecule has 36 heavy (non-hydrogen) atoms. The quantitative estimate of drug-likeness (QED) is 0.122. The number of thiophene rings is 1. The fourth-order valence-electron chi connectivity index (χ4n) is 4.88. The lowest BCUT2D eigenvalue weighted by Gasteiger charge is -2.40. The first kappa shape index (κ1) is 27.1. The summed E-state index contributed by atoms with van der Waals surface area (Å²) < 4.78 is 22.3. The number of likely N-dealkylation sites (tertiary alicyclic amines) is 1. The highest BCUT2D eigenvalue weighted by atomic mass is 35.5. The normalized spacial score (nSPS) is 16.7. The van der Waals surface area contributed by atoms with Crippen molar-refractivity contribution in [1.29, 1.82) is 0 Å². The van der Waals surface area contributed by atoms with Gasteiger partial charge in [0.25, 0.3) is 0 Å². The standard InChI is InChI=1S/C26H31ClFN3O3S2/c1-34-18-5-6-22-19(16-18)24(20(27)17-29-22)21(28)7-8-26(25(32)30-33)9-12-31(13-10-26)11-3-15-36-23-4-2-14-35-23/h2,4-6,14,16-17,21,33H,3,7-13,15H2,1H3,(H,30,32)/t21-/m1/s1. The topological polar surface area (TPSA) is 74.7 Å². The molecule has 3 heterocycles. The van der Waals surface area contributed by atoms with Crippen molar-refractivity contribution in [3.8, 4) is 5.75 Å². The van der Waals surface area contributed by atoms with E-state index in [-0.39, 0.29) is 11.4 Å². The molecular weight excluding hydrogens is 521 g/mol. The minimum atomic E-state index is -1.38. The Morgan fingerprint density at radius 2 is 2.19 bits per heavy atom. The van der Waals surface area contributed by atoms with Gasteiger partial charge in [-0.25, -0.2) is 9.87 Å². The summed E-state index contributed by atoms with van der Waals surface area (Å²) in [6.45, 7) is 2.44. The van der Waals surface area contributed by atoms with Crippen LogP contribution in [0.1, 0.15) is 43.8 Å². The molecule has 0 saturated carbocycles. The third kappa shape index (κ3) is 6.31. The number of rotatable bonds is 11. The molecule has 4 rings (SSSR count). The number of hydrogen-bond donors (Lipinski definition) is 2. The van der Waals surface area contributed by atoms with Gasteiger partial charge in [0.05, 0.1) is 27.3 Å². The van der Waals surface area contributed by atoms with Crippen molar-refractivity contribution in [1.82, 2.24) is 15.4 Å². The second kappa shape index (κ2) is 12.6. The molecule has 0 radical (unpaired) electrons. The van der Waals surface area contributed by atoms with Crippen molar-refractivity contribution in [2.24, 2.45) is 5.41 Å². The van der Waals surface area contributed by atoms with E-state index >= 15 is 4.39 Å². The Kier molecular flexibility index (Phi) is 9.47. The highest BCUT2D eigenvalue weighted by Gasteiger charge is 2.41. The fourth-order valence-corrected chi connectivity index (χ4v) is 6.94. The Morgan fingerprint density at radius 3 is 2.89 bits per heavy atom. The largest absolute Gasteiger partial charge is 0.497 e. The third-order valence-corrected chi connectivity index (χ3v) is 9.53. The van der Waals surface area contributed by atoms with E-state index in [1.165, 1.54) is 10.4 Å². The maximum atomic E-state index is 15.7. The number of aromatic nitrogens is 1. The summed E-state index contributed by atoms with van der Waals surface area (Å²) in [6.07, 6.45) is 2.71. The van der Waals surface area contributed by atoms with Gasteiger partial charge < -0.3 is 9.64 Å². The van der Waals surface area contributed by atoms with E-state index in [1.54, 1.807) is 36.6 Å². The first-order chi connectivity index (χ1) is 17.5. The number of piperidine rings is 1. The number of carbonyl (C=O) groups is 1. The van der Waals surface area contributed by atoms with E-state index in [0.717, 1.165) is 31.8 Å². The molecule has 0 spiro atoms. The monoisotopic (exact) mass is 551 g/mol. The summed E-state index contributed by atoms with van der Waals surface area (Å²) in [5.74, 6) is 1.21. The average Bonchev–Trinajstić information content (AvgIpc) is 3.43. The number of thioether (sulfide) groups is 1. The molecule has 0 bridgehead atoms. The van der Waals surface area contributed by atoms with Gasteiger partial charge in [-0.1, -0.05) is 17.7 Å². The Hall–Kier alpha value is -1.91. The molecule has 0 unspecified atom stereocenters. The van der Waals surface area contributed by atoms with E-state index < -0.39 is 17.5 Å². The predicted octanol–water partition coefficient (Wildman–Crippen LogP) is 6.52. The van der Waals surface area contributed by atoms with E-state index in [2.05, 4.69) is 27.4 Å². The summed E-state index contributed by atoms with van der Waals surface area (Å²) >= 11 is 10.0. The Labute approximate surface area is 224 Å². The van der Waals surface area contributed by atoms with Crippen molar-refractivity contribution < 1.29 is 19.1 Å². The van der Waals surface area contributed by atoms with Crippen LogP contribution < -0.4 is 10.2 Å². The van der Waals surface area contributed by atoms with Gasteiger partial charge in [0.1, 0.15) is 11.9 Å². The van der Waals surface area contributed by atoms with Crippen molar-refractivity contribution in [3.63, 3.8) is 0 Å². The smallest absolute Gasteiger partial charge is 0.249 e. The van der Waals surface area contributed by atoms with Gasteiger partial charge in [-0.05, 0) is 81.4 Å². The maximum absolute atomic E-state index is 15.7. The summed E-state index contributed by atoms with van der Waals surface area (Å²) in [7, 11) is 1.55. The van der Waals surface area contributed by atoms with Crippen LogP contribution in [0.5, 0.6) is 5.75 Å². The number of fused-ring (bicyclic) bond motifs is 1. The highest BCUT2D eigenvalue weighted by molar-refractivity contribution is 8.01. The van der Waals surface area contributed by atoms with Gasteiger partial charge in [-0.3, -0.25) is 15.0 Å². The van der Waals surface area contributed by atoms with E-state index in [4.69, 9.17) is 16.3 Å². The summed E-state index contributed by atoms with van der Waals surface area (Å²) in [5, 5.41) is 12.4. The summed E-state index contributed by atoms with van der Waals surface area (Å²) in [5.41, 5.74) is 2.02. The molecule has 1 amide bonds. The molecule has 1 aromatic carbocycles. The molecule has 1 aliphatic heterocycles. The molecule has 0 aliphatic carbocycles. The minimum absolute atomic E-state index is 0.112. The van der Waals surface area contributed by atoms with Crippen LogP contribution in [-0.2, 0) is 4.79 Å². The molecule has 1 atom stereocenters. The zero-order valence-electron chi connectivity index (χ0n) is 20.2. The first-order valence-corrected chi connectivity index (χ1v) is 14.3. The first-order valence-electron chi connectivity index (χ1n) is 12.1. The lowest BCUT2D eigenvalue weighted by atomic mass is 9.73. The number of alkyl halides is 1. The SMILES string of the molecule is COc1ccc2ncc(Cl)c([C@H](F)CCC3(C(=O)NO)CCN(CCCSc4cccs4)CC3)c2c1. The van der Waals surface area contributed by atoms with E-state index in [0.29, 0.717) is 41.5 Å². The van der Waals surface area contributed by atoms with Crippen LogP contribution in [0.25, 0.3) is 10.9 Å². The highest BCUT2D eigenvalue weighted by Crippen LogP contribution is 2.42. The number of pyridine rings is 1. The molecular formula is C26H31ClFN3O3S2.